The van der Waals surface area contributed by atoms with Gasteiger partial charge >= 0.3 is 0 Å². The predicted octanol–water partition coefficient (Wildman–Crippen LogP) is 1.74. The second-order valence-electron chi connectivity index (χ2n) is 6.62. The summed E-state index contributed by atoms with van der Waals surface area (Å²) in [5.74, 6) is -1.28. The molecule has 3 N–H and O–H groups in total. The largest absolute Gasteiger partial charge is 0.383 e. The highest BCUT2D eigenvalue weighted by molar-refractivity contribution is 7.09. The number of nitrogens with zero attached hydrogens (tertiary/aromatic N) is 1. The van der Waals surface area contributed by atoms with E-state index in [0.29, 0.717) is 31.6 Å². The van der Waals surface area contributed by atoms with Crippen LogP contribution in [0.15, 0.2) is 47.8 Å². The summed E-state index contributed by atoms with van der Waals surface area (Å²) in [5, 5.41) is 17.6. The molecule has 28 heavy (non-hydrogen) atoms. The predicted molar refractivity (Wildman–Crippen MR) is 107 cm³/mol. The zero-order valence-electron chi connectivity index (χ0n) is 15.3. The first-order chi connectivity index (χ1) is 13.5. The SMILES string of the molecule is O=C(C[C@@H](O)C(=O)N1CCC[C@@H]1C(=O)Nc1ccccc1)NCc1cccs1. The molecule has 0 bridgehead atoms. The molecule has 0 spiro atoms. The third-order valence-electron chi connectivity index (χ3n) is 4.58. The highest BCUT2D eigenvalue weighted by Crippen LogP contribution is 2.21. The molecule has 1 aromatic heterocycles. The van der Waals surface area contributed by atoms with E-state index in [1.54, 1.807) is 12.1 Å². The van der Waals surface area contributed by atoms with Crippen LogP contribution in [0.4, 0.5) is 5.69 Å². The lowest BCUT2D eigenvalue weighted by molar-refractivity contribution is -0.146. The number of rotatable bonds is 7. The number of anilines is 1. The van der Waals surface area contributed by atoms with Crippen molar-refractivity contribution >= 4 is 34.7 Å². The quantitative estimate of drug-likeness (QED) is 0.658. The molecule has 0 saturated carbocycles. The van der Waals surface area contributed by atoms with Crippen LogP contribution >= 0.6 is 11.3 Å². The molecule has 0 unspecified atom stereocenters. The van der Waals surface area contributed by atoms with Crippen molar-refractivity contribution in [1.82, 2.24) is 10.2 Å². The molecule has 1 aliphatic heterocycles. The minimum atomic E-state index is -1.46. The van der Waals surface area contributed by atoms with Crippen molar-refractivity contribution in [2.45, 2.75) is 38.0 Å². The molecule has 2 heterocycles. The van der Waals surface area contributed by atoms with Gasteiger partial charge in [-0.25, -0.2) is 0 Å². The maximum atomic E-state index is 12.6. The smallest absolute Gasteiger partial charge is 0.252 e. The first kappa shape index (κ1) is 20.0. The molecule has 1 aromatic carbocycles. The highest BCUT2D eigenvalue weighted by Gasteiger charge is 2.37. The molecule has 1 aliphatic rings. The number of aliphatic hydroxyl groups is 1. The Labute approximate surface area is 167 Å². The molecule has 1 saturated heterocycles. The maximum Gasteiger partial charge on any atom is 0.252 e. The number of hydrogen-bond acceptors (Lipinski definition) is 5. The van der Waals surface area contributed by atoms with Crippen LogP contribution in [0.1, 0.15) is 24.1 Å². The Kier molecular flexibility index (Phi) is 6.78. The standard InChI is InChI=1S/C20H23N3O4S/c24-17(12-18(25)21-13-15-8-5-11-28-15)20(27)23-10-4-9-16(23)19(26)22-14-6-2-1-3-7-14/h1-3,5-8,11,16-17,24H,4,9-10,12-13H2,(H,21,25)(H,22,26)/t16-,17-/m1/s1. The number of amides is 3. The van der Waals surface area contributed by atoms with Gasteiger partial charge in [-0.2, -0.15) is 0 Å². The van der Waals surface area contributed by atoms with Gasteiger partial charge in [0.25, 0.3) is 5.91 Å². The number of thiophene rings is 1. The summed E-state index contributed by atoms with van der Waals surface area (Å²) in [5.41, 5.74) is 0.653. The second-order valence-corrected chi connectivity index (χ2v) is 7.65. The Balaban J connectivity index is 1.52. The summed E-state index contributed by atoms with van der Waals surface area (Å²) in [6.45, 7) is 0.753. The fraction of sp³-hybridized carbons (Fsp3) is 0.350. The Morgan fingerprint density at radius 1 is 1.18 bits per heavy atom. The van der Waals surface area contributed by atoms with Crippen molar-refractivity contribution < 1.29 is 19.5 Å². The molecule has 3 amide bonds. The van der Waals surface area contributed by atoms with Gasteiger partial charge in [0.1, 0.15) is 12.1 Å². The Hall–Kier alpha value is -2.71. The van der Waals surface area contributed by atoms with E-state index in [0.717, 1.165) is 4.88 Å². The van der Waals surface area contributed by atoms with E-state index < -0.39 is 24.0 Å². The highest BCUT2D eigenvalue weighted by atomic mass is 32.1. The van der Waals surface area contributed by atoms with Crippen LogP contribution < -0.4 is 10.6 Å². The molecule has 8 heteroatoms. The zero-order chi connectivity index (χ0) is 19.9. The summed E-state index contributed by atoms with van der Waals surface area (Å²) in [6.07, 6.45) is -0.584. The molecule has 0 aliphatic carbocycles. The molecular weight excluding hydrogens is 378 g/mol. The van der Waals surface area contributed by atoms with Gasteiger partial charge in [-0.3, -0.25) is 14.4 Å². The number of nitrogens with one attached hydrogen (secondary N) is 2. The van der Waals surface area contributed by atoms with Crippen LogP contribution in [-0.2, 0) is 20.9 Å². The fourth-order valence-electron chi connectivity index (χ4n) is 3.18. The fourth-order valence-corrected chi connectivity index (χ4v) is 3.82. The van der Waals surface area contributed by atoms with Crippen molar-refractivity contribution in [3.63, 3.8) is 0 Å². The van der Waals surface area contributed by atoms with Crippen LogP contribution in [0.2, 0.25) is 0 Å². The van der Waals surface area contributed by atoms with E-state index >= 15 is 0 Å². The van der Waals surface area contributed by atoms with Crippen LogP contribution in [-0.4, -0.2) is 46.4 Å². The van der Waals surface area contributed by atoms with Crippen LogP contribution in [0, 0.1) is 0 Å². The van der Waals surface area contributed by atoms with Crippen molar-refractivity contribution in [3.8, 4) is 0 Å². The number of para-hydroxylation sites is 1. The van der Waals surface area contributed by atoms with Gasteiger partial charge in [-0.1, -0.05) is 24.3 Å². The average molecular weight is 401 g/mol. The molecule has 2 atom stereocenters. The lowest BCUT2D eigenvalue weighted by Gasteiger charge is -2.26. The molecule has 2 aromatic rings. The topological polar surface area (TPSA) is 98.7 Å². The number of carbonyl (C=O) groups is 3. The molecular formula is C20H23N3O4S. The summed E-state index contributed by atoms with van der Waals surface area (Å²) in [6, 6.07) is 12.2. The van der Waals surface area contributed by atoms with E-state index in [-0.39, 0.29) is 12.3 Å². The number of carbonyl (C=O) groups excluding carboxylic acids is 3. The Morgan fingerprint density at radius 3 is 2.68 bits per heavy atom. The minimum absolute atomic E-state index is 0.286. The van der Waals surface area contributed by atoms with E-state index in [1.165, 1.54) is 16.2 Å². The van der Waals surface area contributed by atoms with E-state index in [9.17, 15) is 19.5 Å². The first-order valence-electron chi connectivity index (χ1n) is 9.18. The van der Waals surface area contributed by atoms with Gasteiger partial charge in [0.15, 0.2) is 0 Å². The molecule has 1 fully saturated rings. The van der Waals surface area contributed by atoms with Crippen LogP contribution in [0.5, 0.6) is 0 Å². The third-order valence-corrected chi connectivity index (χ3v) is 5.46. The maximum absolute atomic E-state index is 12.6. The van der Waals surface area contributed by atoms with E-state index in [4.69, 9.17) is 0 Å². The van der Waals surface area contributed by atoms with Gasteiger partial charge in [0, 0.05) is 17.1 Å². The van der Waals surface area contributed by atoms with Gasteiger partial charge in [-0.15, -0.1) is 11.3 Å². The van der Waals surface area contributed by atoms with Crippen LogP contribution in [0.25, 0.3) is 0 Å². The number of likely N-dealkylation sites (tertiary alicyclic amines) is 1. The first-order valence-corrected chi connectivity index (χ1v) is 10.1. The third kappa shape index (κ3) is 5.17. The Bertz CT molecular complexity index is 810. The van der Waals surface area contributed by atoms with Gasteiger partial charge in [-0.05, 0) is 36.4 Å². The average Bonchev–Trinajstić information content (AvgIpc) is 3.38. The second kappa shape index (κ2) is 9.48. The molecule has 0 radical (unpaired) electrons. The van der Waals surface area contributed by atoms with Gasteiger partial charge in [0.2, 0.25) is 11.8 Å². The normalized spacial score (nSPS) is 17.2. The summed E-state index contributed by atoms with van der Waals surface area (Å²) in [7, 11) is 0. The van der Waals surface area contributed by atoms with Crippen molar-refractivity contribution in [2.24, 2.45) is 0 Å². The lowest BCUT2D eigenvalue weighted by atomic mass is 10.1. The van der Waals surface area contributed by atoms with Gasteiger partial charge in [0.05, 0.1) is 13.0 Å². The monoisotopic (exact) mass is 401 g/mol. The summed E-state index contributed by atoms with van der Waals surface area (Å²) in [4.78, 5) is 39.5. The summed E-state index contributed by atoms with van der Waals surface area (Å²) >= 11 is 1.52. The van der Waals surface area contributed by atoms with E-state index in [1.807, 2.05) is 35.7 Å². The summed E-state index contributed by atoms with van der Waals surface area (Å²) < 4.78 is 0. The van der Waals surface area contributed by atoms with Gasteiger partial charge < -0.3 is 20.6 Å². The van der Waals surface area contributed by atoms with Crippen molar-refractivity contribution in [2.75, 3.05) is 11.9 Å². The lowest BCUT2D eigenvalue weighted by Crippen LogP contribution is -2.48. The molecule has 148 valence electrons. The number of benzene rings is 1. The molecule has 7 nitrogen and oxygen atoms in total. The Morgan fingerprint density at radius 2 is 1.96 bits per heavy atom. The zero-order valence-corrected chi connectivity index (χ0v) is 16.2. The molecule has 3 rings (SSSR count). The minimum Gasteiger partial charge on any atom is -0.383 e. The van der Waals surface area contributed by atoms with Crippen molar-refractivity contribution in [3.05, 3.63) is 52.7 Å². The number of hydrogen-bond donors (Lipinski definition) is 3. The van der Waals surface area contributed by atoms with Crippen molar-refractivity contribution in [1.29, 1.82) is 0 Å². The van der Waals surface area contributed by atoms with Crippen LogP contribution in [0.3, 0.4) is 0 Å². The van der Waals surface area contributed by atoms with E-state index in [2.05, 4.69) is 10.6 Å². The number of aliphatic hydroxyl groups excluding tert-OH is 1.